The molecule has 0 unspecified atom stereocenters. The van der Waals surface area contributed by atoms with Crippen LogP contribution in [0, 0.1) is 5.82 Å². The fourth-order valence-corrected chi connectivity index (χ4v) is 1.57. The first-order valence-corrected chi connectivity index (χ1v) is 6.10. The van der Waals surface area contributed by atoms with Crippen molar-refractivity contribution in [2.24, 2.45) is 0 Å². The van der Waals surface area contributed by atoms with Crippen LogP contribution in [-0.4, -0.2) is 23.6 Å². The fraction of sp³-hybridized carbons (Fsp3) is 0.500. The summed E-state index contributed by atoms with van der Waals surface area (Å²) in [6.45, 7) is 5.15. The van der Waals surface area contributed by atoms with Crippen LogP contribution in [0.1, 0.15) is 38.3 Å². The van der Waals surface area contributed by atoms with E-state index in [9.17, 15) is 18.0 Å². The normalized spacial score (nSPS) is 11.6. The van der Waals surface area contributed by atoms with Crippen LogP contribution in [0.3, 0.4) is 0 Å². The van der Waals surface area contributed by atoms with Gasteiger partial charge in [0.2, 0.25) is 0 Å². The summed E-state index contributed by atoms with van der Waals surface area (Å²) in [7, 11) is 1.46. The van der Waals surface area contributed by atoms with Crippen molar-refractivity contribution in [3.8, 4) is 0 Å². The van der Waals surface area contributed by atoms with Crippen LogP contribution in [-0.2, 0) is 11.3 Å². The summed E-state index contributed by atoms with van der Waals surface area (Å²) < 4.78 is 43.5. The molecule has 0 aliphatic heterocycles. The monoisotopic (exact) mass is 289 g/mol. The molecule has 0 saturated heterocycles. The van der Waals surface area contributed by atoms with Crippen molar-refractivity contribution in [2.75, 3.05) is 7.05 Å². The molecule has 0 aliphatic rings. The summed E-state index contributed by atoms with van der Waals surface area (Å²) in [4.78, 5) is 12.9. The lowest BCUT2D eigenvalue weighted by atomic mass is 10.1. The minimum Gasteiger partial charge on any atom is -0.444 e. The molecule has 1 rings (SSSR count). The van der Waals surface area contributed by atoms with E-state index in [1.165, 1.54) is 18.0 Å². The Morgan fingerprint density at radius 2 is 1.90 bits per heavy atom. The Labute approximate surface area is 116 Å². The number of hydrogen-bond donors (Lipinski definition) is 0. The van der Waals surface area contributed by atoms with Gasteiger partial charge in [0, 0.05) is 19.2 Å². The van der Waals surface area contributed by atoms with Crippen LogP contribution in [0.15, 0.2) is 18.2 Å². The number of alkyl halides is 2. The number of carbonyl (C=O) groups excluding carboxylic acids is 1. The van der Waals surface area contributed by atoms with Crippen LogP contribution in [0.2, 0.25) is 0 Å². The molecule has 1 aromatic carbocycles. The third kappa shape index (κ3) is 5.11. The van der Waals surface area contributed by atoms with E-state index in [1.54, 1.807) is 20.8 Å². The number of benzene rings is 1. The standard InChI is InChI=1S/C14H18F3NO2/c1-14(2,3)20-13(19)18(4)8-9-5-10(12(16)17)7-11(15)6-9/h5-7,12H,8H2,1-4H3. The lowest BCUT2D eigenvalue weighted by molar-refractivity contribution is 0.0285. The van der Waals surface area contributed by atoms with Crippen molar-refractivity contribution < 1.29 is 22.7 Å². The van der Waals surface area contributed by atoms with Crippen molar-refractivity contribution >= 4 is 6.09 Å². The molecule has 0 aromatic heterocycles. The second kappa shape index (κ2) is 6.15. The smallest absolute Gasteiger partial charge is 0.410 e. The number of amides is 1. The average Bonchev–Trinajstić information content (AvgIpc) is 2.25. The number of rotatable bonds is 3. The second-order valence-corrected chi connectivity index (χ2v) is 5.53. The quantitative estimate of drug-likeness (QED) is 0.837. The molecule has 0 aliphatic carbocycles. The molecular weight excluding hydrogens is 271 g/mol. The molecule has 0 saturated carbocycles. The SMILES string of the molecule is CN(Cc1cc(F)cc(C(F)F)c1)C(=O)OC(C)(C)C. The molecule has 0 heterocycles. The van der Waals surface area contributed by atoms with E-state index in [0.717, 1.165) is 12.1 Å². The van der Waals surface area contributed by atoms with Crippen molar-refractivity contribution in [3.05, 3.63) is 35.1 Å². The molecule has 20 heavy (non-hydrogen) atoms. The predicted molar refractivity (Wildman–Crippen MR) is 69.1 cm³/mol. The summed E-state index contributed by atoms with van der Waals surface area (Å²) in [5.41, 5.74) is -0.771. The molecule has 0 radical (unpaired) electrons. The molecular formula is C14H18F3NO2. The van der Waals surface area contributed by atoms with Crippen LogP contribution in [0.5, 0.6) is 0 Å². The highest BCUT2D eigenvalue weighted by molar-refractivity contribution is 5.67. The number of halogens is 3. The highest BCUT2D eigenvalue weighted by Crippen LogP contribution is 2.22. The summed E-state index contributed by atoms with van der Waals surface area (Å²) in [6.07, 6.45) is -3.35. The van der Waals surface area contributed by atoms with Gasteiger partial charge in [0.1, 0.15) is 11.4 Å². The molecule has 3 nitrogen and oxygen atoms in total. The van der Waals surface area contributed by atoms with Gasteiger partial charge in [-0.1, -0.05) is 0 Å². The van der Waals surface area contributed by atoms with Crippen LogP contribution in [0.25, 0.3) is 0 Å². The van der Waals surface area contributed by atoms with E-state index in [4.69, 9.17) is 4.74 Å². The summed E-state index contributed by atoms with van der Waals surface area (Å²) in [6, 6.07) is 3.07. The molecule has 1 amide bonds. The molecule has 0 N–H and O–H groups in total. The maximum absolute atomic E-state index is 13.2. The van der Waals surface area contributed by atoms with E-state index in [1.807, 2.05) is 0 Å². The molecule has 1 aromatic rings. The average molecular weight is 289 g/mol. The van der Waals surface area contributed by atoms with Gasteiger partial charge in [0.25, 0.3) is 6.43 Å². The Bertz CT molecular complexity index is 484. The minimum atomic E-state index is -2.75. The lowest BCUT2D eigenvalue weighted by Gasteiger charge is -2.24. The molecule has 0 bridgehead atoms. The Kier molecular flexibility index (Phi) is 5.03. The van der Waals surface area contributed by atoms with E-state index < -0.39 is 29.5 Å². The molecule has 0 spiro atoms. The molecule has 112 valence electrons. The minimum absolute atomic E-state index is 0.00755. The maximum atomic E-state index is 13.2. The highest BCUT2D eigenvalue weighted by atomic mass is 19.3. The van der Waals surface area contributed by atoms with Gasteiger partial charge >= 0.3 is 6.09 Å². The molecule has 0 fully saturated rings. The third-order valence-corrected chi connectivity index (χ3v) is 2.36. The Balaban J connectivity index is 2.80. The van der Waals surface area contributed by atoms with Crippen LogP contribution in [0.4, 0.5) is 18.0 Å². The Morgan fingerprint density at radius 1 is 1.30 bits per heavy atom. The number of ether oxygens (including phenoxy) is 1. The van der Waals surface area contributed by atoms with Gasteiger partial charge in [-0.05, 0) is 44.5 Å². The summed E-state index contributed by atoms with van der Waals surface area (Å²) in [5.74, 6) is -0.754. The second-order valence-electron chi connectivity index (χ2n) is 5.53. The zero-order valence-corrected chi connectivity index (χ0v) is 11.9. The molecule has 6 heteroatoms. The van der Waals surface area contributed by atoms with Gasteiger partial charge in [0.15, 0.2) is 0 Å². The van der Waals surface area contributed by atoms with Crippen molar-refractivity contribution in [1.82, 2.24) is 4.90 Å². The zero-order valence-electron chi connectivity index (χ0n) is 11.9. The number of carbonyl (C=O) groups is 1. The lowest BCUT2D eigenvalue weighted by Crippen LogP contribution is -2.33. The molecule has 0 atom stereocenters. The van der Waals surface area contributed by atoms with E-state index in [2.05, 4.69) is 0 Å². The first-order valence-electron chi connectivity index (χ1n) is 6.10. The van der Waals surface area contributed by atoms with Crippen molar-refractivity contribution in [3.63, 3.8) is 0 Å². The Hall–Kier alpha value is -1.72. The number of hydrogen-bond acceptors (Lipinski definition) is 2. The van der Waals surface area contributed by atoms with Crippen molar-refractivity contribution in [1.29, 1.82) is 0 Å². The van der Waals surface area contributed by atoms with E-state index in [0.29, 0.717) is 0 Å². The Morgan fingerprint density at radius 3 is 2.40 bits per heavy atom. The van der Waals surface area contributed by atoms with E-state index in [-0.39, 0.29) is 12.1 Å². The van der Waals surface area contributed by atoms with Gasteiger partial charge < -0.3 is 9.64 Å². The highest BCUT2D eigenvalue weighted by Gasteiger charge is 2.20. The predicted octanol–water partition coefficient (Wildman–Crippen LogP) is 4.13. The first kappa shape index (κ1) is 16.3. The van der Waals surface area contributed by atoms with E-state index >= 15 is 0 Å². The fourth-order valence-electron chi connectivity index (χ4n) is 1.57. The van der Waals surface area contributed by atoms with Gasteiger partial charge in [-0.25, -0.2) is 18.0 Å². The largest absolute Gasteiger partial charge is 0.444 e. The summed E-state index contributed by atoms with van der Waals surface area (Å²) >= 11 is 0. The van der Waals surface area contributed by atoms with Gasteiger partial charge in [0.05, 0.1) is 0 Å². The van der Waals surface area contributed by atoms with Gasteiger partial charge in [-0.15, -0.1) is 0 Å². The zero-order chi connectivity index (χ0) is 15.5. The topological polar surface area (TPSA) is 29.5 Å². The third-order valence-electron chi connectivity index (χ3n) is 2.36. The van der Waals surface area contributed by atoms with Crippen molar-refractivity contribution in [2.45, 2.75) is 39.3 Å². The maximum Gasteiger partial charge on any atom is 0.410 e. The number of nitrogens with zero attached hydrogens (tertiary/aromatic N) is 1. The van der Waals surface area contributed by atoms with Crippen LogP contribution >= 0.6 is 0 Å². The summed E-state index contributed by atoms with van der Waals surface area (Å²) in [5, 5.41) is 0. The van der Waals surface area contributed by atoms with Crippen LogP contribution < -0.4 is 0 Å². The van der Waals surface area contributed by atoms with Gasteiger partial charge in [-0.2, -0.15) is 0 Å². The first-order chi connectivity index (χ1) is 9.08. The van der Waals surface area contributed by atoms with Gasteiger partial charge in [-0.3, -0.25) is 0 Å².